The first-order valence-corrected chi connectivity index (χ1v) is 13.1. The molecule has 0 aliphatic rings. The molecule has 3 atom stereocenters. The van der Waals surface area contributed by atoms with Crippen molar-refractivity contribution in [2.75, 3.05) is 14.1 Å². The molecule has 3 N–H and O–H groups in total. The summed E-state index contributed by atoms with van der Waals surface area (Å²) in [6.07, 6.45) is 1.60. The molecule has 2 aromatic carbocycles. The maximum absolute atomic E-state index is 13.9. The minimum Gasteiger partial charge on any atom is -0.478 e. The van der Waals surface area contributed by atoms with Gasteiger partial charge in [0.2, 0.25) is 11.8 Å². The Balaban J connectivity index is 2.44. The Morgan fingerprint density at radius 1 is 0.921 bits per heavy atom. The topological polar surface area (TPSA) is 98.7 Å². The molecule has 0 aliphatic carbocycles. The predicted octanol–water partition coefficient (Wildman–Crippen LogP) is 4.45. The number of likely N-dealkylation sites (N-methyl/N-ethyl adjacent to an activating group) is 2. The third kappa shape index (κ3) is 7.78. The lowest BCUT2D eigenvalue weighted by atomic mass is 9.82. The Hall–Kier alpha value is -3.45. The van der Waals surface area contributed by atoms with Gasteiger partial charge in [0.1, 0.15) is 6.04 Å². The summed E-state index contributed by atoms with van der Waals surface area (Å²) in [5.74, 6) is -1.89. The average molecular weight is 522 g/mol. The van der Waals surface area contributed by atoms with Crippen LogP contribution in [0.4, 0.5) is 0 Å². The number of aliphatic carboxylic acids is 1. The zero-order chi connectivity index (χ0) is 28.6. The summed E-state index contributed by atoms with van der Waals surface area (Å²) in [6, 6.07) is 17.8. The highest BCUT2D eigenvalue weighted by atomic mass is 16.4. The number of amides is 2. The van der Waals surface area contributed by atoms with Crippen molar-refractivity contribution in [3.63, 3.8) is 0 Å². The van der Waals surface area contributed by atoms with Crippen molar-refractivity contribution in [2.24, 2.45) is 11.3 Å². The summed E-state index contributed by atoms with van der Waals surface area (Å²) in [7, 11) is 3.41. The van der Waals surface area contributed by atoms with Crippen LogP contribution in [0.25, 0.3) is 0 Å². The fourth-order valence-electron chi connectivity index (χ4n) is 4.66. The van der Waals surface area contributed by atoms with Crippen molar-refractivity contribution in [3.05, 3.63) is 83.4 Å². The van der Waals surface area contributed by atoms with Crippen LogP contribution >= 0.6 is 0 Å². The summed E-state index contributed by atoms with van der Waals surface area (Å²) in [6.45, 7) is 11.1. The number of nitrogens with zero attached hydrogens (tertiary/aromatic N) is 1. The van der Waals surface area contributed by atoms with E-state index < -0.39 is 29.5 Å². The lowest BCUT2D eigenvalue weighted by Gasteiger charge is -2.38. The van der Waals surface area contributed by atoms with E-state index in [0.717, 1.165) is 11.1 Å². The SMILES string of the molecule is CN[C@H](C(=O)N[C@H](C(=O)N(C)[C@H](C=C(C)C(=O)O)C(C)C)C(C)(C)C)C(c1ccccc1)c1ccccc1. The summed E-state index contributed by atoms with van der Waals surface area (Å²) < 4.78 is 0. The van der Waals surface area contributed by atoms with E-state index in [2.05, 4.69) is 10.6 Å². The molecule has 2 rings (SSSR count). The molecule has 2 amide bonds. The van der Waals surface area contributed by atoms with Crippen LogP contribution in [0.5, 0.6) is 0 Å². The number of hydrogen-bond donors (Lipinski definition) is 3. The van der Waals surface area contributed by atoms with Crippen LogP contribution in [0.15, 0.2) is 72.3 Å². The lowest BCUT2D eigenvalue weighted by molar-refractivity contribution is -0.140. The number of carboxylic acid groups (broad SMARTS) is 1. The Morgan fingerprint density at radius 3 is 1.76 bits per heavy atom. The Labute approximate surface area is 227 Å². The van der Waals surface area contributed by atoms with Crippen LogP contribution in [-0.2, 0) is 14.4 Å². The maximum atomic E-state index is 13.9. The molecular formula is C31H43N3O4. The highest BCUT2D eigenvalue weighted by Crippen LogP contribution is 2.29. The van der Waals surface area contributed by atoms with Gasteiger partial charge in [-0.3, -0.25) is 9.59 Å². The molecule has 0 fully saturated rings. The van der Waals surface area contributed by atoms with Crippen molar-refractivity contribution in [1.29, 1.82) is 0 Å². The zero-order valence-corrected chi connectivity index (χ0v) is 23.9. The van der Waals surface area contributed by atoms with E-state index in [4.69, 9.17) is 0 Å². The number of carboxylic acids is 1. The third-order valence-corrected chi connectivity index (χ3v) is 6.88. The Morgan fingerprint density at radius 2 is 1.39 bits per heavy atom. The Bertz CT molecular complexity index is 1070. The molecule has 0 saturated carbocycles. The highest BCUT2D eigenvalue weighted by molar-refractivity contribution is 5.91. The van der Waals surface area contributed by atoms with Gasteiger partial charge in [0.05, 0.1) is 12.1 Å². The molecule has 0 spiro atoms. The molecular weight excluding hydrogens is 478 g/mol. The van der Waals surface area contributed by atoms with Gasteiger partial charge in [-0.25, -0.2) is 4.79 Å². The van der Waals surface area contributed by atoms with Crippen LogP contribution in [-0.4, -0.2) is 60.0 Å². The Kier molecular flexibility index (Phi) is 10.8. The first-order valence-electron chi connectivity index (χ1n) is 13.1. The second-order valence-electron chi connectivity index (χ2n) is 11.2. The monoisotopic (exact) mass is 521 g/mol. The van der Waals surface area contributed by atoms with E-state index in [-0.39, 0.29) is 29.2 Å². The highest BCUT2D eigenvalue weighted by Gasteiger charge is 2.39. The van der Waals surface area contributed by atoms with E-state index in [0.29, 0.717) is 0 Å². The van der Waals surface area contributed by atoms with Gasteiger partial charge in [-0.05, 0) is 36.4 Å². The second kappa shape index (κ2) is 13.4. The van der Waals surface area contributed by atoms with Crippen molar-refractivity contribution >= 4 is 17.8 Å². The van der Waals surface area contributed by atoms with E-state index in [9.17, 15) is 19.5 Å². The van der Waals surface area contributed by atoms with Gasteiger partial charge in [-0.2, -0.15) is 0 Å². The van der Waals surface area contributed by atoms with E-state index in [1.54, 1.807) is 25.1 Å². The summed E-state index contributed by atoms with van der Waals surface area (Å²) >= 11 is 0. The number of carbonyl (C=O) groups excluding carboxylic acids is 2. The fraction of sp³-hybridized carbons (Fsp3) is 0.452. The van der Waals surface area contributed by atoms with Crippen LogP contribution in [0.1, 0.15) is 58.6 Å². The van der Waals surface area contributed by atoms with Gasteiger partial charge in [0, 0.05) is 18.5 Å². The van der Waals surface area contributed by atoms with E-state index >= 15 is 0 Å². The number of benzene rings is 2. The summed E-state index contributed by atoms with van der Waals surface area (Å²) in [5.41, 5.74) is 1.54. The minimum absolute atomic E-state index is 0.0276. The van der Waals surface area contributed by atoms with Crippen LogP contribution < -0.4 is 10.6 Å². The summed E-state index contributed by atoms with van der Waals surface area (Å²) in [5, 5.41) is 15.6. The van der Waals surface area contributed by atoms with Crippen LogP contribution in [0.2, 0.25) is 0 Å². The molecule has 0 saturated heterocycles. The van der Waals surface area contributed by atoms with E-state index in [1.165, 1.54) is 6.92 Å². The molecule has 0 bridgehead atoms. The largest absolute Gasteiger partial charge is 0.478 e. The average Bonchev–Trinajstić information content (AvgIpc) is 2.87. The van der Waals surface area contributed by atoms with Gasteiger partial charge in [-0.1, -0.05) is 101 Å². The number of rotatable bonds is 11. The molecule has 7 heteroatoms. The van der Waals surface area contributed by atoms with Crippen molar-refractivity contribution in [3.8, 4) is 0 Å². The number of nitrogens with one attached hydrogen (secondary N) is 2. The van der Waals surface area contributed by atoms with Gasteiger partial charge in [0.15, 0.2) is 0 Å². The first kappa shape index (κ1) is 30.8. The number of carbonyl (C=O) groups is 3. The predicted molar refractivity (Wildman–Crippen MR) is 152 cm³/mol. The van der Waals surface area contributed by atoms with Crippen molar-refractivity contribution < 1.29 is 19.5 Å². The molecule has 2 aromatic rings. The van der Waals surface area contributed by atoms with Gasteiger partial charge in [0.25, 0.3) is 0 Å². The molecule has 0 radical (unpaired) electrons. The normalized spacial score (nSPS) is 14.6. The first-order chi connectivity index (χ1) is 17.8. The van der Waals surface area contributed by atoms with Crippen LogP contribution in [0, 0.1) is 11.3 Å². The van der Waals surface area contributed by atoms with Crippen LogP contribution in [0.3, 0.4) is 0 Å². The number of hydrogen-bond acceptors (Lipinski definition) is 4. The molecule has 0 aliphatic heterocycles. The van der Waals surface area contributed by atoms with Gasteiger partial charge in [-0.15, -0.1) is 0 Å². The minimum atomic E-state index is -1.03. The third-order valence-electron chi connectivity index (χ3n) is 6.88. The quantitative estimate of drug-likeness (QED) is 0.380. The molecule has 0 aromatic heterocycles. The standard InChI is InChI=1S/C31H43N3O4/c1-20(2)24(19-21(3)30(37)38)34(8)29(36)27(31(4,5)6)33-28(35)26(32-7)25(22-15-11-9-12-16-22)23-17-13-10-14-18-23/h9-20,24-27,32H,1-8H3,(H,33,35)(H,37,38)/t24-,26+,27-/m1/s1. The maximum Gasteiger partial charge on any atom is 0.331 e. The van der Waals surface area contributed by atoms with Gasteiger partial charge >= 0.3 is 5.97 Å². The zero-order valence-electron chi connectivity index (χ0n) is 23.9. The fourth-order valence-corrected chi connectivity index (χ4v) is 4.66. The summed E-state index contributed by atoms with van der Waals surface area (Å²) in [4.78, 5) is 40.7. The smallest absolute Gasteiger partial charge is 0.331 e. The van der Waals surface area contributed by atoms with Gasteiger partial charge < -0.3 is 20.6 Å². The lowest BCUT2D eigenvalue weighted by Crippen LogP contribution is -2.59. The molecule has 0 unspecified atom stereocenters. The molecule has 0 heterocycles. The molecule has 7 nitrogen and oxygen atoms in total. The second-order valence-corrected chi connectivity index (χ2v) is 11.2. The molecule has 206 valence electrons. The van der Waals surface area contributed by atoms with Crippen molar-refractivity contribution in [2.45, 2.75) is 65.6 Å². The van der Waals surface area contributed by atoms with E-state index in [1.807, 2.05) is 95.3 Å². The van der Waals surface area contributed by atoms with Crippen molar-refractivity contribution in [1.82, 2.24) is 15.5 Å². The molecule has 38 heavy (non-hydrogen) atoms.